The van der Waals surface area contributed by atoms with E-state index in [0.717, 1.165) is 17.1 Å². The molecule has 2 nitrogen and oxygen atoms in total. The minimum Gasteiger partial charge on any atom is -0.461 e. The summed E-state index contributed by atoms with van der Waals surface area (Å²) in [4.78, 5) is 0. The van der Waals surface area contributed by atoms with Gasteiger partial charge in [0.25, 0.3) is 0 Å². The molecule has 1 aromatic heterocycles. The Labute approximate surface area is 115 Å². The number of benzene rings is 1. The van der Waals surface area contributed by atoms with Crippen LogP contribution in [0.2, 0.25) is 0 Å². The SMILES string of the molecule is CC(O)Cc1ccc(-c2ccccc2C(C)(C)C)o1. The van der Waals surface area contributed by atoms with Gasteiger partial charge in [-0.05, 0) is 30.0 Å². The number of furan rings is 1. The highest BCUT2D eigenvalue weighted by molar-refractivity contribution is 5.64. The van der Waals surface area contributed by atoms with Gasteiger partial charge >= 0.3 is 0 Å². The third-order valence-electron chi connectivity index (χ3n) is 3.16. The molecule has 0 saturated carbocycles. The van der Waals surface area contributed by atoms with Gasteiger partial charge in [-0.2, -0.15) is 0 Å². The van der Waals surface area contributed by atoms with E-state index < -0.39 is 0 Å². The van der Waals surface area contributed by atoms with Crippen LogP contribution in [0.1, 0.15) is 39.0 Å². The molecule has 2 rings (SSSR count). The zero-order chi connectivity index (χ0) is 14.0. The van der Waals surface area contributed by atoms with Crippen molar-refractivity contribution >= 4 is 0 Å². The Morgan fingerprint density at radius 3 is 2.42 bits per heavy atom. The van der Waals surface area contributed by atoms with Crippen LogP contribution in [0.4, 0.5) is 0 Å². The van der Waals surface area contributed by atoms with E-state index in [-0.39, 0.29) is 11.5 Å². The number of hydrogen-bond donors (Lipinski definition) is 1. The fourth-order valence-corrected chi connectivity index (χ4v) is 2.28. The number of aliphatic hydroxyl groups excluding tert-OH is 1. The summed E-state index contributed by atoms with van der Waals surface area (Å²) >= 11 is 0. The zero-order valence-electron chi connectivity index (χ0n) is 12.1. The Bertz CT molecular complexity index is 544. The van der Waals surface area contributed by atoms with Crippen LogP contribution in [-0.2, 0) is 11.8 Å². The fourth-order valence-electron chi connectivity index (χ4n) is 2.28. The fraction of sp³-hybridized carbons (Fsp3) is 0.412. The lowest BCUT2D eigenvalue weighted by Gasteiger charge is -2.21. The van der Waals surface area contributed by atoms with E-state index in [2.05, 4.69) is 39.0 Å². The summed E-state index contributed by atoms with van der Waals surface area (Å²) in [6.07, 6.45) is 0.175. The van der Waals surface area contributed by atoms with Gasteiger partial charge in [-0.3, -0.25) is 0 Å². The number of rotatable bonds is 3. The first-order chi connectivity index (χ1) is 8.88. The predicted molar refractivity (Wildman–Crippen MR) is 78.2 cm³/mol. The Morgan fingerprint density at radius 2 is 1.79 bits per heavy atom. The lowest BCUT2D eigenvalue weighted by Crippen LogP contribution is -2.12. The smallest absolute Gasteiger partial charge is 0.134 e. The maximum atomic E-state index is 9.41. The molecule has 1 unspecified atom stereocenters. The van der Waals surface area contributed by atoms with E-state index in [1.54, 1.807) is 6.92 Å². The molecular formula is C17H22O2. The van der Waals surface area contributed by atoms with Gasteiger partial charge in [0.2, 0.25) is 0 Å². The summed E-state index contributed by atoms with van der Waals surface area (Å²) < 4.78 is 5.86. The van der Waals surface area contributed by atoms with E-state index in [0.29, 0.717) is 6.42 Å². The maximum absolute atomic E-state index is 9.41. The van der Waals surface area contributed by atoms with Crippen molar-refractivity contribution < 1.29 is 9.52 Å². The molecule has 19 heavy (non-hydrogen) atoms. The molecule has 2 heteroatoms. The summed E-state index contributed by atoms with van der Waals surface area (Å²) in [7, 11) is 0. The third kappa shape index (κ3) is 3.27. The molecule has 0 radical (unpaired) electrons. The van der Waals surface area contributed by atoms with Gasteiger partial charge in [0.15, 0.2) is 0 Å². The molecular weight excluding hydrogens is 236 g/mol. The average Bonchev–Trinajstić information content (AvgIpc) is 2.75. The lowest BCUT2D eigenvalue weighted by molar-refractivity contribution is 0.187. The molecule has 102 valence electrons. The molecule has 0 aliphatic heterocycles. The van der Waals surface area contributed by atoms with E-state index in [9.17, 15) is 5.11 Å². The molecule has 0 amide bonds. The first-order valence-electron chi connectivity index (χ1n) is 6.74. The minimum atomic E-state index is -0.378. The molecule has 0 spiro atoms. The first kappa shape index (κ1) is 13.9. The standard InChI is InChI=1S/C17H22O2/c1-12(18)11-13-9-10-16(19-13)14-7-5-6-8-15(14)17(2,3)4/h5-10,12,18H,11H2,1-4H3. The van der Waals surface area contributed by atoms with Crippen molar-refractivity contribution in [3.8, 4) is 11.3 Å². The van der Waals surface area contributed by atoms with Crippen LogP contribution in [0.3, 0.4) is 0 Å². The Balaban J connectivity index is 2.39. The highest BCUT2D eigenvalue weighted by Gasteiger charge is 2.19. The Hall–Kier alpha value is -1.54. The summed E-state index contributed by atoms with van der Waals surface area (Å²) in [5.74, 6) is 1.70. The summed E-state index contributed by atoms with van der Waals surface area (Å²) in [6, 6.07) is 12.3. The average molecular weight is 258 g/mol. The molecule has 1 aromatic carbocycles. The first-order valence-corrected chi connectivity index (χ1v) is 6.74. The maximum Gasteiger partial charge on any atom is 0.134 e. The van der Waals surface area contributed by atoms with Gasteiger partial charge in [0, 0.05) is 12.0 Å². The van der Waals surface area contributed by atoms with Gasteiger partial charge in [0.05, 0.1) is 6.10 Å². The normalized spacial score (nSPS) is 13.5. The number of aliphatic hydroxyl groups is 1. The van der Waals surface area contributed by atoms with Crippen molar-refractivity contribution in [2.45, 2.75) is 45.6 Å². The van der Waals surface area contributed by atoms with Crippen molar-refractivity contribution in [2.75, 3.05) is 0 Å². The molecule has 2 aromatic rings. The summed E-state index contributed by atoms with van der Waals surface area (Å²) in [5, 5.41) is 9.41. The van der Waals surface area contributed by atoms with Crippen molar-refractivity contribution in [3.05, 3.63) is 47.7 Å². The molecule has 1 N–H and O–H groups in total. The second-order valence-corrected chi connectivity index (χ2v) is 6.11. The van der Waals surface area contributed by atoms with Crippen molar-refractivity contribution in [3.63, 3.8) is 0 Å². The summed E-state index contributed by atoms with van der Waals surface area (Å²) in [6.45, 7) is 8.37. The quantitative estimate of drug-likeness (QED) is 0.896. The lowest BCUT2D eigenvalue weighted by atomic mass is 9.83. The van der Waals surface area contributed by atoms with E-state index in [1.807, 2.05) is 18.2 Å². The molecule has 0 bridgehead atoms. The van der Waals surface area contributed by atoms with Crippen LogP contribution in [0.15, 0.2) is 40.8 Å². The van der Waals surface area contributed by atoms with Crippen LogP contribution in [0.5, 0.6) is 0 Å². The van der Waals surface area contributed by atoms with Crippen LogP contribution in [0.25, 0.3) is 11.3 Å². The molecule has 1 heterocycles. The largest absolute Gasteiger partial charge is 0.461 e. The van der Waals surface area contributed by atoms with Gasteiger partial charge in [-0.15, -0.1) is 0 Å². The molecule has 0 fully saturated rings. The molecule has 0 saturated heterocycles. The highest BCUT2D eigenvalue weighted by atomic mass is 16.3. The van der Waals surface area contributed by atoms with Crippen molar-refractivity contribution in [1.29, 1.82) is 0 Å². The van der Waals surface area contributed by atoms with Crippen LogP contribution < -0.4 is 0 Å². The van der Waals surface area contributed by atoms with E-state index >= 15 is 0 Å². The number of hydrogen-bond acceptors (Lipinski definition) is 2. The Morgan fingerprint density at radius 1 is 1.11 bits per heavy atom. The minimum absolute atomic E-state index is 0.0772. The Kier molecular flexibility index (Phi) is 3.81. The zero-order valence-corrected chi connectivity index (χ0v) is 12.1. The molecule has 1 atom stereocenters. The van der Waals surface area contributed by atoms with Crippen LogP contribution in [-0.4, -0.2) is 11.2 Å². The predicted octanol–water partition coefficient (Wildman–Crippen LogP) is 4.17. The second kappa shape index (κ2) is 5.22. The van der Waals surface area contributed by atoms with E-state index in [1.165, 1.54) is 5.56 Å². The topological polar surface area (TPSA) is 33.4 Å². The van der Waals surface area contributed by atoms with Gasteiger partial charge in [-0.1, -0.05) is 45.0 Å². The van der Waals surface area contributed by atoms with Crippen LogP contribution >= 0.6 is 0 Å². The monoisotopic (exact) mass is 258 g/mol. The van der Waals surface area contributed by atoms with Gasteiger partial charge in [-0.25, -0.2) is 0 Å². The van der Waals surface area contributed by atoms with Gasteiger partial charge < -0.3 is 9.52 Å². The highest BCUT2D eigenvalue weighted by Crippen LogP contribution is 2.33. The van der Waals surface area contributed by atoms with Crippen molar-refractivity contribution in [2.24, 2.45) is 0 Å². The summed E-state index contributed by atoms with van der Waals surface area (Å²) in [5.41, 5.74) is 2.48. The van der Waals surface area contributed by atoms with Crippen molar-refractivity contribution in [1.82, 2.24) is 0 Å². The van der Waals surface area contributed by atoms with Crippen LogP contribution in [0, 0.1) is 0 Å². The second-order valence-electron chi connectivity index (χ2n) is 6.11. The molecule has 0 aliphatic carbocycles. The third-order valence-corrected chi connectivity index (χ3v) is 3.16. The molecule has 0 aliphatic rings. The van der Waals surface area contributed by atoms with E-state index in [4.69, 9.17) is 4.42 Å². The van der Waals surface area contributed by atoms with Gasteiger partial charge in [0.1, 0.15) is 11.5 Å².